The SMILES string of the molecule is C=C/C(=C\C=C/C)c1nc(C=O)cs1.CC.CC. The van der Waals surface area contributed by atoms with Gasteiger partial charge in [-0.25, -0.2) is 4.98 Å². The number of hydrogen-bond donors (Lipinski definition) is 0. The zero-order valence-corrected chi connectivity index (χ0v) is 12.8. The molecule has 3 heteroatoms. The molecule has 0 N–H and O–H groups in total. The standard InChI is InChI=1S/C11H11NOS.2C2H6/c1-3-5-6-9(4-2)11-12-10(7-13)8-14-11;2*1-2/h3-8H,2H2,1H3;2*1-2H3/b5-3-,9-6+;;. The quantitative estimate of drug-likeness (QED) is 0.556. The summed E-state index contributed by atoms with van der Waals surface area (Å²) in [5.41, 5.74) is 1.40. The molecule has 0 bridgehead atoms. The molecule has 18 heavy (non-hydrogen) atoms. The zero-order chi connectivity index (χ0) is 14.4. The van der Waals surface area contributed by atoms with Crippen molar-refractivity contribution in [1.29, 1.82) is 0 Å². The van der Waals surface area contributed by atoms with Crippen LogP contribution in [0.3, 0.4) is 0 Å². The first-order valence-electron chi connectivity index (χ1n) is 6.18. The number of carbonyl (C=O) groups excluding carboxylic acids is 1. The lowest BCUT2D eigenvalue weighted by Gasteiger charge is -1.92. The van der Waals surface area contributed by atoms with E-state index in [1.807, 2.05) is 52.8 Å². The van der Waals surface area contributed by atoms with Crippen molar-refractivity contribution < 1.29 is 4.79 Å². The molecular weight excluding hydrogens is 242 g/mol. The molecule has 0 aliphatic carbocycles. The van der Waals surface area contributed by atoms with Crippen LogP contribution in [0.2, 0.25) is 0 Å². The molecule has 1 rings (SSSR count). The average Bonchev–Trinajstić information content (AvgIpc) is 2.93. The number of thiazole rings is 1. The molecule has 0 aliphatic rings. The van der Waals surface area contributed by atoms with Gasteiger partial charge in [-0.05, 0) is 6.92 Å². The fourth-order valence-electron chi connectivity index (χ4n) is 0.899. The molecule has 0 saturated heterocycles. The Labute approximate surface area is 115 Å². The third kappa shape index (κ3) is 6.97. The molecule has 0 fully saturated rings. The number of aromatic nitrogens is 1. The Morgan fingerprint density at radius 3 is 2.33 bits per heavy atom. The van der Waals surface area contributed by atoms with Gasteiger partial charge in [-0.1, -0.05) is 58.6 Å². The van der Waals surface area contributed by atoms with Gasteiger partial charge in [0.1, 0.15) is 10.7 Å². The summed E-state index contributed by atoms with van der Waals surface area (Å²) in [4.78, 5) is 14.6. The van der Waals surface area contributed by atoms with Crippen LogP contribution in [0.1, 0.15) is 50.1 Å². The predicted molar refractivity (Wildman–Crippen MR) is 83.2 cm³/mol. The molecule has 0 aliphatic heterocycles. The van der Waals surface area contributed by atoms with Gasteiger partial charge in [0.2, 0.25) is 0 Å². The van der Waals surface area contributed by atoms with Gasteiger partial charge in [-0.3, -0.25) is 4.79 Å². The fraction of sp³-hybridized carbons (Fsp3) is 0.333. The number of nitrogens with zero attached hydrogens (tertiary/aromatic N) is 1. The molecule has 0 unspecified atom stereocenters. The monoisotopic (exact) mass is 265 g/mol. The van der Waals surface area contributed by atoms with Crippen LogP contribution in [0.5, 0.6) is 0 Å². The average molecular weight is 265 g/mol. The van der Waals surface area contributed by atoms with Gasteiger partial charge in [0.25, 0.3) is 0 Å². The first kappa shape index (κ1) is 18.9. The predicted octanol–water partition coefficient (Wildman–Crippen LogP) is 5.15. The van der Waals surface area contributed by atoms with Crippen molar-refractivity contribution in [2.75, 3.05) is 0 Å². The lowest BCUT2D eigenvalue weighted by atomic mass is 10.2. The largest absolute Gasteiger partial charge is 0.296 e. The Kier molecular flexibility index (Phi) is 14.2. The van der Waals surface area contributed by atoms with Crippen molar-refractivity contribution in [2.24, 2.45) is 0 Å². The number of carbonyl (C=O) groups is 1. The van der Waals surface area contributed by atoms with Crippen LogP contribution in [0.25, 0.3) is 5.57 Å². The molecule has 1 heterocycles. The van der Waals surface area contributed by atoms with Crippen molar-refractivity contribution in [1.82, 2.24) is 4.98 Å². The van der Waals surface area contributed by atoms with Crippen molar-refractivity contribution in [3.05, 3.63) is 47.0 Å². The molecule has 1 aromatic heterocycles. The highest BCUT2D eigenvalue weighted by Gasteiger charge is 2.02. The molecule has 0 radical (unpaired) electrons. The first-order chi connectivity index (χ1) is 8.81. The molecule has 0 aromatic carbocycles. The number of hydrogen-bond acceptors (Lipinski definition) is 3. The maximum atomic E-state index is 10.4. The number of aldehydes is 1. The highest BCUT2D eigenvalue weighted by Crippen LogP contribution is 2.19. The van der Waals surface area contributed by atoms with E-state index < -0.39 is 0 Å². The summed E-state index contributed by atoms with van der Waals surface area (Å²) in [6, 6.07) is 0. The highest BCUT2D eigenvalue weighted by molar-refractivity contribution is 7.11. The van der Waals surface area contributed by atoms with E-state index in [-0.39, 0.29) is 0 Å². The zero-order valence-electron chi connectivity index (χ0n) is 11.9. The van der Waals surface area contributed by atoms with Crippen LogP contribution in [0.15, 0.2) is 36.3 Å². The maximum absolute atomic E-state index is 10.4. The van der Waals surface area contributed by atoms with E-state index in [0.717, 1.165) is 16.9 Å². The van der Waals surface area contributed by atoms with E-state index in [4.69, 9.17) is 0 Å². The minimum absolute atomic E-state index is 0.471. The van der Waals surface area contributed by atoms with Gasteiger partial charge in [0, 0.05) is 11.0 Å². The summed E-state index contributed by atoms with van der Waals surface area (Å²) in [6.45, 7) is 13.6. The molecule has 100 valence electrons. The summed E-state index contributed by atoms with van der Waals surface area (Å²) in [6.07, 6.45) is 8.24. The Morgan fingerprint density at radius 1 is 1.33 bits per heavy atom. The van der Waals surface area contributed by atoms with Crippen LogP contribution >= 0.6 is 11.3 Å². The molecular formula is C15H23NOS. The second-order valence-corrected chi connectivity index (χ2v) is 3.41. The van der Waals surface area contributed by atoms with E-state index in [2.05, 4.69) is 11.6 Å². The van der Waals surface area contributed by atoms with E-state index in [0.29, 0.717) is 5.69 Å². The summed E-state index contributed by atoms with van der Waals surface area (Å²) in [5, 5.41) is 2.55. The molecule has 0 atom stereocenters. The molecule has 0 spiro atoms. The minimum Gasteiger partial charge on any atom is -0.296 e. The third-order valence-corrected chi connectivity index (χ3v) is 2.49. The normalized spacial score (nSPS) is 9.94. The maximum Gasteiger partial charge on any atom is 0.169 e. The molecule has 1 aromatic rings. The van der Waals surface area contributed by atoms with Crippen molar-refractivity contribution in [2.45, 2.75) is 34.6 Å². The van der Waals surface area contributed by atoms with E-state index in [9.17, 15) is 4.79 Å². The van der Waals surface area contributed by atoms with E-state index >= 15 is 0 Å². The molecule has 0 amide bonds. The highest BCUT2D eigenvalue weighted by atomic mass is 32.1. The lowest BCUT2D eigenvalue weighted by molar-refractivity contribution is 0.111. The topological polar surface area (TPSA) is 30.0 Å². The second kappa shape index (κ2) is 13.6. The fourth-order valence-corrected chi connectivity index (χ4v) is 1.69. The molecule has 2 nitrogen and oxygen atoms in total. The summed E-state index contributed by atoms with van der Waals surface area (Å²) in [5.74, 6) is 0. The Morgan fingerprint density at radius 2 is 1.94 bits per heavy atom. The Hall–Kier alpha value is -1.48. The lowest BCUT2D eigenvalue weighted by Crippen LogP contribution is -1.81. The third-order valence-electron chi connectivity index (χ3n) is 1.58. The smallest absolute Gasteiger partial charge is 0.169 e. The summed E-state index contributed by atoms with van der Waals surface area (Å²) >= 11 is 1.44. The van der Waals surface area contributed by atoms with E-state index in [1.54, 1.807) is 11.5 Å². The Balaban J connectivity index is 0. The minimum atomic E-state index is 0.471. The van der Waals surface area contributed by atoms with Crippen LogP contribution in [-0.4, -0.2) is 11.3 Å². The van der Waals surface area contributed by atoms with Crippen molar-refractivity contribution >= 4 is 23.2 Å². The van der Waals surface area contributed by atoms with Crippen LogP contribution in [0, 0.1) is 0 Å². The van der Waals surface area contributed by atoms with Crippen LogP contribution < -0.4 is 0 Å². The van der Waals surface area contributed by atoms with Crippen molar-refractivity contribution in [3.63, 3.8) is 0 Å². The Bertz CT molecular complexity index is 389. The van der Waals surface area contributed by atoms with Crippen molar-refractivity contribution in [3.8, 4) is 0 Å². The van der Waals surface area contributed by atoms with Gasteiger partial charge >= 0.3 is 0 Å². The molecule has 0 saturated carbocycles. The number of rotatable bonds is 4. The van der Waals surface area contributed by atoms with Gasteiger partial charge in [-0.2, -0.15) is 0 Å². The summed E-state index contributed by atoms with van der Waals surface area (Å²) < 4.78 is 0. The first-order valence-corrected chi connectivity index (χ1v) is 7.06. The second-order valence-electron chi connectivity index (χ2n) is 2.55. The van der Waals surface area contributed by atoms with Gasteiger partial charge in [0.15, 0.2) is 6.29 Å². The van der Waals surface area contributed by atoms with Gasteiger partial charge in [0.05, 0.1) is 0 Å². The summed E-state index contributed by atoms with van der Waals surface area (Å²) in [7, 11) is 0. The van der Waals surface area contributed by atoms with E-state index in [1.165, 1.54) is 11.3 Å². The van der Waals surface area contributed by atoms with Gasteiger partial charge in [-0.15, -0.1) is 11.3 Å². The van der Waals surface area contributed by atoms with Crippen LogP contribution in [0.4, 0.5) is 0 Å². The van der Waals surface area contributed by atoms with Crippen LogP contribution in [-0.2, 0) is 0 Å². The number of allylic oxidation sites excluding steroid dienone is 5. The van der Waals surface area contributed by atoms with Gasteiger partial charge < -0.3 is 0 Å².